The maximum absolute atomic E-state index is 4.97. The van der Waals surface area contributed by atoms with Crippen LogP contribution in [0, 0.1) is 11.8 Å². The molecule has 1 N–H and O–H groups in total. The van der Waals surface area contributed by atoms with Crippen LogP contribution < -0.4 is 5.32 Å². The number of likely N-dealkylation sites (tertiary alicyclic amines) is 2. The van der Waals surface area contributed by atoms with Gasteiger partial charge in [0.2, 0.25) is 0 Å². The van der Waals surface area contributed by atoms with Crippen LogP contribution in [0.15, 0.2) is 4.99 Å². The van der Waals surface area contributed by atoms with E-state index < -0.39 is 0 Å². The van der Waals surface area contributed by atoms with Crippen LogP contribution in [0.5, 0.6) is 0 Å². The topological polar surface area (TPSA) is 30.9 Å². The Hall–Kier alpha value is -0.770. The smallest absolute Gasteiger partial charge is 0.193 e. The molecule has 0 saturated carbocycles. The highest BCUT2D eigenvalue weighted by Crippen LogP contribution is 2.18. The monoisotopic (exact) mass is 294 g/mol. The third-order valence-electron chi connectivity index (χ3n) is 4.84. The zero-order valence-corrected chi connectivity index (χ0v) is 14.3. The van der Waals surface area contributed by atoms with E-state index in [1.54, 1.807) is 0 Å². The third kappa shape index (κ3) is 5.17. The molecular weight excluding hydrogens is 260 g/mol. The van der Waals surface area contributed by atoms with Crippen molar-refractivity contribution in [1.82, 2.24) is 15.1 Å². The Balaban J connectivity index is 1.90. The number of guanidine groups is 1. The van der Waals surface area contributed by atoms with Crippen molar-refractivity contribution in [3.05, 3.63) is 0 Å². The standard InChI is InChI=1S/C17H34N4/c1-4-18-17(21-11-6-8-15(3)13-21)19-12-16-9-7-10-20(5-2)14-16/h15-16H,4-14H2,1-3H3,(H,18,19). The van der Waals surface area contributed by atoms with Gasteiger partial charge in [0.05, 0.1) is 0 Å². The average molecular weight is 294 g/mol. The molecular formula is C17H34N4. The van der Waals surface area contributed by atoms with Gasteiger partial charge in [0.15, 0.2) is 5.96 Å². The first-order valence-corrected chi connectivity index (χ1v) is 8.98. The number of nitrogens with zero attached hydrogens (tertiary/aromatic N) is 3. The van der Waals surface area contributed by atoms with E-state index in [4.69, 9.17) is 4.99 Å². The van der Waals surface area contributed by atoms with Crippen LogP contribution in [0.4, 0.5) is 0 Å². The van der Waals surface area contributed by atoms with Gasteiger partial charge in [0.1, 0.15) is 0 Å². The van der Waals surface area contributed by atoms with Crippen molar-refractivity contribution in [2.45, 2.75) is 46.5 Å². The highest BCUT2D eigenvalue weighted by Gasteiger charge is 2.21. The summed E-state index contributed by atoms with van der Waals surface area (Å²) >= 11 is 0. The van der Waals surface area contributed by atoms with Crippen LogP contribution in [-0.4, -0.2) is 61.6 Å². The van der Waals surface area contributed by atoms with Gasteiger partial charge in [-0.1, -0.05) is 13.8 Å². The van der Waals surface area contributed by atoms with E-state index in [0.29, 0.717) is 0 Å². The molecule has 2 aliphatic rings. The molecule has 4 nitrogen and oxygen atoms in total. The Labute approximate surface area is 131 Å². The molecule has 0 spiro atoms. The largest absolute Gasteiger partial charge is 0.357 e. The molecule has 0 aliphatic carbocycles. The lowest BCUT2D eigenvalue weighted by Crippen LogP contribution is -2.46. The fraction of sp³-hybridized carbons (Fsp3) is 0.941. The van der Waals surface area contributed by atoms with Crippen molar-refractivity contribution in [3.63, 3.8) is 0 Å². The van der Waals surface area contributed by atoms with Crippen molar-refractivity contribution in [3.8, 4) is 0 Å². The number of nitrogens with one attached hydrogen (secondary N) is 1. The minimum Gasteiger partial charge on any atom is -0.357 e. The van der Waals surface area contributed by atoms with Gasteiger partial charge >= 0.3 is 0 Å². The van der Waals surface area contributed by atoms with Crippen molar-refractivity contribution in [2.24, 2.45) is 16.8 Å². The van der Waals surface area contributed by atoms with E-state index >= 15 is 0 Å². The molecule has 0 amide bonds. The summed E-state index contributed by atoms with van der Waals surface area (Å²) in [6.07, 6.45) is 5.35. The Kier molecular flexibility index (Phi) is 6.81. The summed E-state index contributed by atoms with van der Waals surface area (Å²) < 4.78 is 0. The molecule has 0 bridgehead atoms. The molecule has 2 rings (SSSR count). The third-order valence-corrected chi connectivity index (χ3v) is 4.84. The second kappa shape index (κ2) is 8.62. The Bertz CT molecular complexity index is 329. The molecule has 2 saturated heterocycles. The summed E-state index contributed by atoms with van der Waals surface area (Å²) in [4.78, 5) is 10.0. The number of hydrogen-bond acceptors (Lipinski definition) is 2. The van der Waals surface area contributed by atoms with Gasteiger partial charge in [-0.2, -0.15) is 0 Å². The average Bonchev–Trinajstić information content (AvgIpc) is 2.51. The van der Waals surface area contributed by atoms with Gasteiger partial charge in [-0.05, 0) is 57.5 Å². The lowest BCUT2D eigenvalue weighted by atomic mass is 9.98. The summed E-state index contributed by atoms with van der Waals surface area (Å²) in [5, 5.41) is 3.50. The van der Waals surface area contributed by atoms with Crippen LogP contribution in [0.1, 0.15) is 46.5 Å². The predicted molar refractivity (Wildman–Crippen MR) is 90.8 cm³/mol. The number of hydrogen-bond donors (Lipinski definition) is 1. The van der Waals surface area contributed by atoms with Crippen LogP contribution in [0.3, 0.4) is 0 Å². The first-order chi connectivity index (χ1) is 10.2. The van der Waals surface area contributed by atoms with E-state index in [1.165, 1.54) is 51.9 Å². The molecule has 4 heteroatoms. The first-order valence-electron chi connectivity index (χ1n) is 8.98. The van der Waals surface area contributed by atoms with Gasteiger partial charge in [0.25, 0.3) is 0 Å². The van der Waals surface area contributed by atoms with Crippen molar-refractivity contribution >= 4 is 5.96 Å². The zero-order chi connectivity index (χ0) is 15.1. The summed E-state index contributed by atoms with van der Waals surface area (Å²) in [6, 6.07) is 0. The van der Waals surface area contributed by atoms with Crippen LogP contribution in [0.2, 0.25) is 0 Å². The number of rotatable bonds is 4. The molecule has 0 aromatic carbocycles. The van der Waals surface area contributed by atoms with Crippen molar-refractivity contribution in [2.75, 3.05) is 45.8 Å². The first kappa shape index (κ1) is 16.6. The van der Waals surface area contributed by atoms with Gasteiger partial charge < -0.3 is 15.1 Å². The summed E-state index contributed by atoms with van der Waals surface area (Å²) in [5.41, 5.74) is 0. The fourth-order valence-corrected chi connectivity index (χ4v) is 3.61. The Morgan fingerprint density at radius 2 is 1.95 bits per heavy atom. The van der Waals surface area contributed by atoms with Crippen LogP contribution >= 0.6 is 0 Å². The maximum Gasteiger partial charge on any atom is 0.193 e. The van der Waals surface area contributed by atoms with Crippen LogP contribution in [-0.2, 0) is 0 Å². The van der Waals surface area contributed by atoms with Gasteiger partial charge in [-0.15, -0.1) is 0 Å². The second-order valence-electron chi connectivity index (χ2n) is 6.79. The van der Waals surface area contributed by atoms with Crippen LogP contribution in [0.25, 0.3) is 0 Å². The Morgan fingerprint density at radius 1 is 1.14 bits per heavy atom. The Morgan fingerprint density at radius 3 is 2.67 bits per heavy atom. The van der Waals surface area contributed by atoms with Gasteiger partial charge in [0, 0.05) is 32.7 Å². The number of piperidine rings is 2. The molecule has 2 fully saturated rings. The molecule has 21 heavy (non-hydrogen) atoms. The minimum atomic E-state index is 0.745. The van der Waals surface area contributed by atoms with Gasteiger partial charge in [-0.3, -0.25) is 4.99 Å². The molecule has 2 heterocycles. The fourth-order valence-electron chi connectivity index (χ4n) is 3.61. The minimum absolute atomic E-state index is 0.745. The normalized spacial score (nSPS) is 28.7. The van der Waals surface area contributed by atoms with E-state index in [-0.39, 0.29) is 0 Å². The van der Waals surface area contributed by atoms with E-state index in [1.807, 2.05) is 0 Å². The molecule has 2 atom stereocenters. The molecule has 2 aliphatic heterocycles. The van der Waals surface area contributed by atoms with Gasteiger partial charge in [-0.25, -0.2) is 0 Å². The lowest BCUT2D eigenvalue weighted by molar-refractivity contribution is 0.186. The summed E-state index contributed by atoms with van der Waals surface area (Å²) in [6.45, 7) is 14.8. The predicted octanol–water partition coefficient (Wildman–Crippen LogP) is 2.42. The molecule has 0 radical (unpaired) electrons. The quantitative estimate of drug-likeness (QED) is 0.638. The molecule has 2 unspecified atom stereocenters. The SMILES string of the molecule is CCNC(=NCC1CCCN(CC)C1)N1CCCC(C)C1. The summed E-state index contributed by atoms with van der Waals surface area (Å²) in [5.74, 6) is 2.69. The van der Waals surface area contributed by atoms with Crippen molar-refractivity contribution < 1.29 is 0 Å². The zero-order valence-electron chi connectivity index (χ0n) is 14.3. The molecule has 0 aromatic heterocycles. The highest BCUT2D eigenvalue weighted by atomic mass is 15.3. The molecule has 0 aromatic rings. The highest BCUT2D eigenvalue weighted by molar-refractivity contribution is 5.80. The maximum atomic E-state index is 4.97. The second-order valence-corrected chi connectivity index (χ2v) is 6.79. The van der Waals surface area contributed by atoms with E-state index in [0.717, 1.165) is 37.4 Å². The summed E-state index contributed by atoms with van der Waals surface area (Å²) in [7, 11) is 0. The molecule has 122 valence electrons. The van der Waals surface area contributed by atoms with Crippen molar-refractivity contribution in [1.29, 1.82) is 0 Å². The van der Waals surface area contributed by atoms with E-state index in [9.17, 15) is 0 Å². The lowest BCUT2D eigenvalue weighted by Gasteiger charge is -2.34. The van der Waals surface area contributed by atoms with E-state index in [2.05, 4.69) is 35.9 Å². The number of aliphatic imine (C=N–C) groups is 1.